The van der Waals surface area contributed by atoms with Gasteiger partial charge in [-0.25, -0.2) is 4.79 Å². The van der Waals surface area contributed by atoms with Gasteiger partial charge in [-0.1, -0.05) is 30.3 Å². The van der Waals surface area contributed by atoms with E-state index in [4.69, 9.17) is 16.6 Å². The van der Waals surface area contributed by atoms with Crippen molar-refractivity contribution in [3.05, 3.63) is 35.9 Å². The summed E-state index contributed by atoms with van der Waals surface area (Å²) >= 11 is 3.86. The Labute approximate surface area is 200 Å². The number of hydrogen-bond donors (Lipinski definition) is 8. The van der Waals surface area contributed by atoms with Gasteiger partial charge in [0.15, 0.2) is 0 Å². The number of carbonyl (C=O) groups excluding carboxylic acids is 4. The number of nitrogens with two attached hydrogens (primary N) is 2. The molecule has 1 aromatic rings. The van der Waals surface area contributed by atoms with Crippen molar-refractivity contribution in [3.8, 4) is 0 Å². The van der Waals surface area contributed by atoms with Crippen LogP contribution < -0.4 is 27.4 Å². The zero-order valence-corrected chi connectivity index (χ0v) is 18.9. The number of rotatable bonds is 14. The van der Waals surface area contributed by atoms with Gasteiger partial charge in [0, 0.05) is 12.2 Å². The molecule has 0 aromatic heterocycles. The SMILES string of the molecule is NC(=O)CC(NC(=O)C(N)CS)C(=O)NC(CC(=O)O)C(=O)NC(Cc1ccccc1)C(=O)O. The zero-order valence-electron chi connectivity index (χ0n) is 18.0. The van der Waals surface area contributed by atoms with E-state index in [1.807, 2.05) is 0 Å². The van der Waals surface area contributed by atoms with Crippen molar-refractivity contribution in [2.24, 2.45) is 11.5 Å². The van der Waals surface area contributed by atoms with Gasteiger partial charge >= 0.3 is 11.9 Å². The highest BCUT2D eigenvalue weighted by Gasteiger charge is 2.32. The molecule has 13 nitrogen and oxygen atoms in total. The zero-order chi connectivity index (χ0) is 25.8. The summed E-state index contributed by atoms with van der Waals surface area (Å²) < 4.78 is 0. The maximum absolute atomic E-state index is 12.7. The molecule has 4 atom stereocenters. The van der Waals surface area contributed by atoms with Crippen molar-refractivity contribution >= 4 is 48.2 Å². The highest BCUT2D eigenvalue weighted by Crippen LogP contribution is 2.05. The van der Waals surface area contributed by atoms with Crippen LogP contribution in [0.25, 0.3) is 0 Å². The molecule has 0 aliphatic carbocycles. The average molecular weight is 498 g/mol. The van der Waals surface area contributed by atoms with Crippen LogP contribution in [0.4, 0.5) is 0 Å². The topological polar surface area (TPSA) is 231 Å². The van der Waals surface area contributed by atoms with E-state index in [0.29, 0.717) is 5.56 Å². The first-order valence-corrected chi connectivity index (χ1v) is 10.6. The second kappa shape index (κ2) is 13.8. The first kappa shape index (κ1) is 28.4. The van der Waals surface area contributed by atoms with Crippen molar-refractivity contribution in [1.29, 1.82) is 0 Å². The minimum absolute atomic E-state index is 0.0707. The molecule has 4 amide bonds. The number of carbonyl (C=O) groups is 6. The minimum atomic E-state index is -1.71. The number of carboxylic acid groups (broad SMARTS) is 2. The van der Waals surface area contributed by atoms with Gasteiger partial charge in [0.2, 0.25) is 23.6 Å². The lowest BCUT2D eigenvalue weighted by Crippen LogP contribution is -2.58. The quantitative estimate of drug-likeness (QED) is 0.125. The molecule has 0 aliphatic heterocycles. The van der Waals surface area contributed by atoms with E-state index in [-0.39, 0.29) is 12.2 Å². The maximum Gasteiger partial charge on any atom is 0.326 e. The molecule has 1 aromatic carbocycles. The van der Waals surface area contributed by atoms with Crippen molar-refractivity contribution in [3.63, 3.8) is 0 Å². The maximum atomic E-state index is 12.7. The fourth-order valence-electron chi connectivity index (χ4n) is 2.75. The molecular formula is C20H27N5O8S. The van der Waals surface area contributed by atoms with Gasteiger partial charge in [0.25, 0.3) is 0 Å². The van der Waals surface area contributed by atoms with E-state index in [1.165, 1.54) is 0 Å². The Kier molecular flexibility index (Phi) is 11.5. The van der Waals surface area contributed by atoms with Gasteiger partial charge < -0.3 is 37.6 Å². The molecule has 4 unspecified atom stereocenters. The highest BCUT2D eigenvalue weighted by molar-refractivity contribution is 7.80. The Bertz CT molecular complexity index is 913. The molecule has 0 fully saturated rings. The summed E-state index contributed by atoms with van der Waals surface area (Å²) in [5.41, 5.74) is 11.2. The van der Waals surface area contributed by atoms with Crippen LogP contribution in [-0.2, 0) is 35.2 Å². The Morgan fingerprint density at radius 1 is 0.824 bits per heavy atom. The lowest BCUT2D eigenvalue weighted by molar-refractivity contribution is -0.143. The van der Waals surface area contributed by atoms with Gasteiger partial charge in [-0.15, -0.1) is 0 Å². The van der Waals surface area contributed by atoms with E-state index in [2.05, 4.69) is 28.6 Å². The molecule has 0 radical (unpaired) electrons. The van der Waals surface area contributed by atoms with Crippen LogP contribution in [0.15, 0.2) is 30.3 Å². The van der Waals surface area contributed by atoms with Crippen LogP contribution in [0.2, 0.25) is 0 Å². The summed E-state index contributed by atoms with van der Waals surface area (Å²) in [6.07, 6.45) is -1.66. The van der Waals surface area contributed by atoms with Crippen LogP contribution in [0.1, 0.15) is 18.4 Å². The van der Waals surface area contributed by atoms with E-state index in [9.17, 15) is 33.9 Å². The summed E-state index contributed by atoms with van der Waals surface area (Å²) in [6.45, 7) is 0. The first-order chi connectivity index (χ1) is 15.9. The molecule has 0 spiro atoms. The van der Waals surface area contributed by atoms with Gasteiger partial charge in [-0.2, -0.15) is 12.6 Å². The number of nitrogens with one attached hydrogen (secondary N) is 3. The molecule has 186 valence electrons. The lowest BCUT2D eigenvalue weighted by Gasteiger charge is -2.24. The first-order valence-electron chi connectivity index (χ1n) is 9.99. The van der Waals surface area contributed by atoms with E-state index >= 15 is 0 Å². The van der Waals surface area contributed by atoms with Crippen molar-refractivity contribution in [2.45, 2.75) is 43.4 Å². The molecule has 0 saturated carbocycles. The van der Waals surface area contributed by atoms with Crippen LogP contribution in [-0.4, -0.2) is 75.7 Å². The molecule has 14 heteroatoms. The van der Waals surface area contributed by atoms with Crippen LogP contribution >= 0.6 is 12.6 Å². The lowest BCUT2D eigenvalue weighted by atomic mass is 10.0. The molecule has 0 saturated heterocycles. The Morgan fingerprint density at radius 3 is 1.79 bits per heavy atom. The number of aliphatic carboxylic acids is 2. The molecule has 0 heterocycles. The average Bonchev–Trinajstić information content (AvgIpc) is 2.76. The number of carboxylic acids is 2. The van der Waals surface area contributed by atoms with Gasteiger partial charge in [-0.05, 0) is 5.56 Å². The predicted molar refractivity (Wildman–Crippen MR) is 121 cm³/mol. The van der Waals surface area contributed by atoms with Crippen LogP contribution in [0.3, 0.4) is 0 Å². The smallest absolute Gasteiger partial charge is 0.326 e. The number of thiol groups is 1. The molecule has 9 N–H and O–H groups in total. The third kappa shape index (κ3) is 9.87. The van der Waals surface area contributed by atoms with Crippen molar-refractivity contribution in [2.75, 3.05) is 5.75 Å². The Hall–Kier alpha value is -3.65. The molecule has 0 bridgehead atoms. The van der Waals surface area contributed by atoms with Gasteiger partial charge in [0.1, 0.15) is 18.1 Å². The van der Waals surface area contributed by atoms with E-state index in [0.717, 1.165) is 0 Å². The van der Waals surface area contributed by atoms with Crippen molar-refractivity contribution < 1.29 is 39.0 Å². The summed E-state index contributed by atoms with van der Waals surface area (Å²) in [7, 11) is 0. The third-order valence-corrected chi connectivity index (χ3v) is 4.87. The normalized spacial score (nSPS) is 14.1. The second-order valence-corrected chi connectivity index (χ2v) is 7.63. The highest BCUT2D eigenvalue weighted by atomic mass is 32.1. The van der Waals surface area contributed by atoms with E-state index in [1.54, 1.807) is 30.3 Å². The molecule has 34 heavy (non-hydrogen) atoms. The summed E-state index contributed by atoms with van der Waals surface area (Å²) in [5.74, 6) is -6.89. The molecule has 1 rings (SSSR count). The molecule has 0 aliphatic rings. The second-order valence-electron chi connectivity index (χ2n) is 7.27. The Morgan fingerprint density at radius 2 is 1.32 bits per heavy atom. The number of primary amides is 1. The fraction of sp³-hybridized carbons (Fsp3) is 0.400. The monoisotopic (exact) mass is 497 g/mol. The van der Waals surface area contributed by atoms with Crippen molar-refractivity contribution in [1.82, 2.24) is 16.0 Å². The fourth-order valence-corrected chi connectivity index (χ4v) is 2.92. The number of benzene rings is 1. The number of hydrogen-bond acceptors (Lipinski definition) is 8. The summed E-state index contributed by atoms with van der Waals surface area (Å²) in [6, 6.07) is 2.56. The van der Waals surface area contributed by atoms with E-state index < -0.39 is 72.6 Å². The van der Waals surface area contributed by atoms with Gasteiger partial charge in [0.05, 0.1) is 18.9 Å². The predicted octanol–water partition coefficient (Wildman–Crippen LogP) is -2.62. The van der Waals surface area contributed by atoms with Crippen LogP contribution in [0.5, 0.6) is 0 Å². The Balaban J connectivity index is 3.01. The standard InChI is InChI=1S/C20H27N5O8S/c21-11(9-34)17(29)23-12(7-15(22)26)18(30)24-13(8-16(27)28)19(31)25-14(20(32)33)6-10-4-2-1-3-5-10/h1-5,11-14,34H,6-9,21H2,(H2,22,26)(H,23,29)(H,24,30)(H,25,31)(H,27,28)(H,32,33). The largest absolute Gasteiger partial charge is 0.481 e. The summed E-state index contributed by atoms with van der Waals surface area (Å²) in [5, 5.41) is 25.1. The summed E-state index contributed by atoms with van der Waals surface area (Å²) in [4.78, 5) is 71.5. The van der Waals surface area contributed by atoms with Crippen LogP contribution in [0, 0.1) is 0 Å². The molecular weight excluding hydrogens is 470 g/mol. The number of amides is 4. The third-order valence-electron chi connectivity index (χ3n) is 4.48. The minimum Gasteiger partial charge on any atom is -0.481 e. The van der Waals surface area contributed by atoms with Gasteiger partial charge in [-0.3, -0.25) is 24.0 Å².